The summed E-state index contributed by atoms with van der Waals surface area (Å²) >= 11 is 0. The average molecular weight is 320 g/mol. The van der Waals surface area contributed by atoms with Gasteiger partial charge in [0, 0.05) is 0 Å². The molecule has 5 heteroatoms. The standard InChI is InChI=1S/C17H29BO3Si/c1-13-14(2)21-18(20-13)16-10-8-15(9-11-16)12-19-22(6,7)17(3,4)5/h8-11,13-14H,12H2,1-7H3. The van der Waals surface area contributed by atoms with Crippen LogP contribution in [0.3, 0.4) is 0 Å². The molecule has 1 saturated heterocycles. The van der Waals surface area contributed by atoms with Crippen LogP contribution >= 0.6 is 0 Å². The van der Waals surface area contributed by atoms with Crippen molar-refractivity contribution in [1.82, 2.24) is 0 Å². The SMILES string of the molecule is CC1OB(c2ccc(CO[Si](C)(C)C(C)(C)C)cc2)OC1C. The molecule has 1 aliphatic rings. The highest BCUT2D eigenvalue weighted by molar-refractivity contribution is 6.74. The van der Waals surface area contributed by atoms with Crippen LogP contribution in [-0.2, 0) is 20.3 Å². The Morgan fingerprint density at radius 1 is 1.05 bits per heavy atom. The zero-order chi connectivity index (χ0) is 16.5. The minimum atomic E-state index is -1.69. The first-order chi connectivity index (χ1) is 10.1. The topological polar surface area (TPSA) is 27.7 Å². The van der Waals surface area contributed by atoms with Crippen molar-refractivity contribution in [2.75, 3.05) is 0 Å². The summed E-state index contributed by atoms with van der Waals surface area (Å²) in [5, 5.41) is 0.241. The van der Waals surface area contributed by atoms with Crippen molar-refractivity contribution >= 4 is 20.9 Å². The molecule has 3 nitrogen and oxygen atoms in total. The Bertz CT molecular complexity index is 486. The molecule has 1 aromatic rings. The fourth-order valence-corrected chi connectivity index (χ4v) is 3.01. The van der Waals surface area contributed by atoms with Gasteiger partial charge in [0.15, 0.2) is 8.32 Å². The Balaban J connectivity index is 1.96. The van der Waals surface area contributed by atoms with Gasteiger partial charge in [0.2, 0.25) is 0 Å². The summed E-state index contributed by atoms with van der Waals surface area (Å²) in [5.41, 5.74) is 2.28. The molecule has 2 unspecified atom stereocenters. The van der Waals surface area contributed by atoms with E-state index in [1.807, 2.05) is 13.8 Å². The molecule has 0 aliphatic carbocycles. The van der Waals surface area contributed by atoms with Gasteiger partial charge in [-0.1, -0.05) is 45.0 Å². The molecule has 0 amide bonds. The average Bonchev–Trinajstić information content (AvgIpc) is 2.76. The van der Waals surface area contributed by atoms with Gasteiger partial charge in [-0.05, 0) is 43.0 Å². The molecule has 0 saturated carbocycles. The van der Waals surface area contributed by atoms with Gasteiger partial charge in [-0.15, -0.1) is 0 Å². The molecular weight excluding hydrogens is 291 g/mol. The molecule has 122 valence electrons. The summed E-state index contributed by atoms with van der Waals surface area (Å²) in [7, 11) is -1.93. The summed E-state index contributed by atoms with van der Waals surface area (Å²) in [6, 6.07) is 8.39. The van der Waals surface area contributed by atoms with Crippen LogP contribution in [0.4, 0.5) is 0 Å². The van der Waals surface area contributed by atoms with Gasteiger partial charge in [-0.2, -0.15) is 0 Å². The smallest absolute Gasteiger partial charge is 0.413 e. The van der Waals surface area contributed by atoms with Crippen LogP contribution in [0.1, 0.15) is 40.2 Å². The highest BCUT2D eigenvalue weighted by Crippen LogP contribution is 2.37. The third-order valence-corrected chi connectivity index (χ3v) is 9.47. The van der Waals surface area contributed by atoms with Crippen molar-refractivity contribution in [2.45, 2.75) is 71.6 Å². The van der Waals surface area contributed by atoms with Crippen LogP contribution in [-0.4, -0.2) is 27.6 Å². The highest BCUT2D eigenvalue weighted by Gasteiger charge is 2.37. The fourth-order valence-electron chi connectivity index (χ4n) is 2.05. The second kappa shape index (κ2) is 6.48. The van der Waals surface area contributed by atoms with Crippen LogP contribution in [0, 0.1) is 0 Å². The van der Waals surface area contributed by atoms with E-state index >= 15 is 0 Å². The third kappa shape index (κ3) is 4.02. The van der Waals surface area contributed by atoms with Gasteiger partial charge in [0.25, 0.3) is 0 Å². The van der Waals surface area contributed by atoms with Crippen LogP contribution in [0.5, 0.6) is 0 Å². The molecule has 2 atom stereocenters. The van der Waals surface area contributed by atoms with E-state index in [2.05, 4.69) is 58.1 Å². The Hall–Kier alpha value is -0.618. The monoisotopic (exact) mass is 320 g/mol. The highest BCUT2D eigenvalue weighted by atomic mass is 28.4. The summed E-state index contributed by atoms with van der Waals surface area (Å²) in [4.78, 5) is 0. The van der Waals surface area contributed by atoms with Crippen molar-refractivity contribution in [2.24, 2.45) is 0 Å². The molecule has 1 fully saturated rings. The van der Waals surface area contributed by atoms with E-state index in [1.54, 1.807) is 0 Å². The quantitative estimate of drug-likeness (QED) is 0.791. The molecular formula is C17H29BO3Si. The van der Waals surface area contributed by atoms with Gasteiger partial charge in [-0.3, -0.25) is 0 Å². The molecule has 0 bridgehead atoms. The van der Waals surface area contributed by atoms with Crippen LogP contribution in [0.25, 0.3) is 0 Å². The van der Waals surface area contributed by atoms with Gasteiger partial charge in [-0.25, -0.2) is 0 Å². The predicted molar refractivity (Wildman–Crippen MR) is 94.9 cm³/mol. The lowest BCUT2D eigenvalue weighted by Gasteiger charge is -2.36. The van der Waals surface area contributed by atoms with Crippen molar-refractivity contribution in [3.63, 3.8) is 0 Å². The Labute approximate surface area is 136 Å². The van der Waals surface area contributed by atoms with Gasteiger partial charge in [0.1, 0.15) is 0 Å². The van der Waals surface area contributed by atoms with Gasteiger partial charge in [0.05, 0.1) is 18.8 Å². The third-order valence-electron chi connectivity index (χ3n) is 5.00. The maximum Gasteiger partial charge on any atom is 0.494 e. The largest absolute Gasteiger partial charge is 0.494 e. The summed E-state index contributed by atoms with van der Waals surface area (Å²) in [6.45, 7) is 16.1. The number of hydrogen-bond acceptors (Lipinski definition) is 3. The van der Waals surface area contributed by atoms with Crippen molar-refractivity contribution in [1.29, 1.82) is 0 Å². The van der Waals surface area contributed by atoms with E-state index in [0.717, 1.165) is 5.46 Å². The first-order valence-electron chi connectivity index (χ1n) is 8.14. The van der Waals surface area contributed by atoms with Crippen LogP contribution in [0.15, 0.2) is 24.3 Å². The predicted octanol–water partition coefficient (Wildman–Crippen LogP) is 3.73. The minimum absolute atomic E-state index is 0.145. The fraction of sp³-hybridized carbons (Fsp3) is 0.647. The van der Waals surface area contributed by atoms with Crippen LogP contribution in [0.2, 0.25) is 18.1 Å². The molecule has 0 spiro atoms. The maximum absolute atomic E-state index is 6.26. The van der Waals surface area contributed by atoms with E-state index in [4.69, 9.17) is 13.7 Å². The van der Waals surface area contributed by atoms with E-state index in [1.165, 1.54) is 5.56 Å². The van der Waals surface area contributed by atoms with Crippen molar-refractivity contribution in [3.05, 3.63) is 29.8 Å². The normalized spacial score (nSPS) is 23.1. The Morgan fingerprint density at radius 3 is 2.00 bits per heavy atom. The number of benzene rings is 1. The molecule has 22 heavy (non-hydrogen) atoms. The van der Waals surface area contributed by atoms with Crippen molar-refractivity contribution < 1.29 is 13.7 Å². The Kier molecular flexibility index (Phi) is 5.22. The molecule has 0 aromatic heterocycles. The summed E-state index contributed by atoms with van der Waals surface area (Å²) in [6.07, 6.45) is 0.290. The van der Waals surface area contributed by atoms with E-state index in [-0.39, 0.29) is 24.4 Å². The molecule has 1 heterocycles. The molecule has 1 aromatic carbocycles. The lowest BCUT2D eigenvalue weighted by molar-refractivity contribution is 0.187. The van der Waals surface area contributed by atoms with Crippen molar-refractivity contribution in [3.8, 4) is 0 Å². The number of rotatable bonds is 4. The summed E-state index contributed by atoms with van der Waals surface area (Å²) in [5.74, 6) is 0. The molecule has 1 aliphatic heterocycles. The first kappa shape index (κ1) is 17.7. The number of hydrogen-bond donors (Lipinski definition) is 0. The molecule has 0 radical (unpaired) electrons. The lowest BCUT2D eigenvalue weighted by Crippen LogP contribution is -2.40. The minimum Gasteiger partial charge on any atom is -0.413 e. The van der Waals surface area contributed by atoms with E-state index in [9.17, 15) is 0 Å². The molecule has 2 rings (SSSR count). The summed E-state index contributed by atoms with van der Waals surface area (Å²) < 4.78 is 17.9. The van der Waals surface area contributed by atoms with Crippen LogP contribution < -0.4 is 5.46 Å². The van der Waals surface area contributed by atoms with E-state index < -0.39 is 8.32 Å². The molecule has 0 N–H and O–H groups in total. The second-order valence-electron chi connectivity index (χ2n) is 7.80. The first-order valence-corrected chi connectivity index (χ1v) is 11.0. The van der Waals surface area contributed by atoms with Gasteiger partial charge >= 0.3 is 7.12 Å². The lowest BCUT2D eigenvalue weighted by atomic mass is 9.79. The second-order valence-corrected chi connectivity index (χ2v) is 12.6. The zero-order valence-corrected chi connectivity index (χ0v) is 16.0. The zero-order valence-electron chi connectivity index (χ0n) is 15.0. The maximum atomic E-state index is 6.26. The Morgan fingerprint density at radius 2 is 1.55 bits per heavy atom. The van der Waals surface area contributed by atoms with Gasteiger partial charge < -0.3 is 13.7 Å². The van der Waals surface area contributed by atoms with E-state index in [0.29, 0.717) is 6.61 Å².